The first kappa shape index (κ1) is 30.9. The van der Waals surface area contributed by atoms with Gasteiger partial charge in [-0.05, 0) is 52.2 Å². The summed E-state index contributed by atoms with van der Waals surface area (Å²) in [4.78, 5) is 18.6. The van der Waals surface area contributed by atoms with E-state index in [1.54, 1.807) is 0 Å². The number of likely N-dealkylation sites (tertiary alicyclic amines) is 1. The highest BCUT2D eigenvalue weighted by Crippen LogP contribution is 2.55. The summed E-state index contributed by atoms with van der Waals surface area (Å²) in [5.41, 5.74) is 2.63. The Bertz CT molecular complexity index is 1570. The second-order valence-electron chi connectivity index (χ2n) is 14.2. The largest absolute Gasteiger partial charge is 0.450 e. The van der Waals surface area contributed by atoms with Gasteiger partial charge in [0.2, 0.25) is 0 Å². The molecule has 4 aromatic rings. The number of hydrogen-bond acceptors (Lipinski definition) is 4. The first-order valence-corrected chi connectivity index (χ1v) is 18.8. The molecule has 0 saturated carbocycles. The Morgan fingerprint density at radius 3 is 1.83 bits per heavy atom. The number of carbonyl (C=O) groups excluding carboxylic acids is 1. The standard InChI is InChI=1S/C40H46N2O3Si/c1-5-44-39(43)42-34-26-31-27-35(42)38(37(34)41(28-29-18-10-6-11-19-29)36(31)30-20-12-7-13-21-30)45-46(40(2,3)4,32-22-14-8-15-23-32)33-24-16-9-17-25-33/h6-25,31,34-38H,5,26-28H2,1-4H3/t31?,34?,35?,36?,37?,38-/m0/s1. The molecule has 4 aromatic carbocycles. The van der Waals surface area contributed by atoms with Crippen molar-refractivity contribution in [2.45, 2.75) is 82.4 Å². The zero-order valence-electron chi connectivity index (χ0n) is 27.5. The van der Waals surface area contributed by atoms with Crippen molar-refractivity contribution in [1.82, 2.24) is 9.80 Å². The lowest BCUT2D eigenvalue weighted by atomic mass is 9.77. The van der Waals surface area contributed by atoms with Crippen molar-refractivity contribution in [2.75, 3.05) is 6.61 Å². The van der Waals surface area contributed by atoms with Gasteiger partial charge >= 0.3 is 6.09 Å². The van der Waals surface area contributed by atoms with Gasteiger partial charge in [-0.15, -0.1) is 0 Å². The number of carbonyl (C=O) groups is 1. The van der Waals surface area contributed by atoms with Crippen LogP contribution in [0, 0.1) is 5.92 Å². The fraction of sp³-hybridized carbons (Fsp3) is 0.375. The summed E-state index contributed by atoms with van der Waals surface area (Å²) >= 11 is 0. The van der Waals surface area contributed by atoms with E-state index in [-0.39, 0.29) is 41.4 Å². The van der Waals surface area contributed by atoms with E-state index in [2.05, 4.69) is 152 Å². The predicted octanol–water partition coefficient (Wildman–Crippen LogP) is 7.18. The third-order valence-corrected chi connectivity index (χ3v) is 15.7. The molecule has 0 N–H and O–H groups in total. The summed E-state index contributed by atoms with van der Waals surface area (Å²) in [6.45, 7) is 10.1. The normalized spacial score (nSPS) is 25.9. The van der Waals surface area contributed by atoms with E-state index >= 15 is 0 Å². The zero-order chi connectivity index (χ0) is 31.9. The Morgan fingerprint density at radius 1 is 0.761 bits per heavy atom. The van der Waals surface area contributed by atoms with Crippen molar-refractivity contribution >= 4 is 24.8 Å². The zero-order valence-corrected chi connectivity index (χ0v) is 28.5. The van der Waals surface area contributed by atoms with Crippen LogP contribution < -0.4 is 10.4 Å². The minimum Gasteiger partial charge on any atom is -0.450 e. The molecular weight excluding hydrogens is 585 g/mol. The molecule has 0 aromatic heterocycles. The second kappa shape index (κ2) is 12.5. The molecule has 0 spiro atoms. The monoisotopic (exact) mass is 630 g/mol. The van der Waals surface area contributed by atoms with Crippen LogP contribution in [-0.2, 0) is 15.7 Å². The lowest BCUT2D eigenvalue weighted by molar-refractivity contribution is -0.0329. The van der Waals surface area contributed by atoms with E-state index in [9.17, 15) is 4.79 Å². The van der Waals surface area contributed by atoms with E-state index in [0.717, 1.165) is 19.4 Å². The molecule has 3 bridgehead atoms. The highest BCUT2D eigenvalue weighted by Gasteiger charge is 2.66. The Kier molecular flexibility index (Phi) is 8.38. The molecule has 238 valence electrons. The van der Waals surface area contributed by atoms with E-state index in [1.807, 2.05) is 6.92 Å². The summed E-state index contributed by atoms with van der Waals surface area (Å²) in [5, 5.41) is 2.35. The van der Waals surface area contributed by atoms with Gasteiger partial charge in [0.05, 0.1) is 30.8 Å². The summed E-state index contributed by atoms with van der Waals surface area (Å²) in [5.74, 6) is 0.399. The van der Waals surface area contributed by atoms with E-state index in [1.165, 1.54) is 21.5 Å². The average Bonchev–Trinajstić information content (AvgIpc) is 3.20. The van der Waals surface area contributed by atoms with Gasteiger partial charge in [0.15, 0.2) is 0 Å². The van der Waals surface area contributed by atoms with E-state index in [4.69, 9.17) is 9.16 Å². The van der Waals surface area contributed by atoms with E-state index < -0.39 is 8.32 Å². The molecule has 3 aliphatic heterocycles. The first-order valence-electron chi connectivity index (χ1n) is 16.9. The maximum atomic E-state index is 13.8. The average molecular weight is 631 g/mol. The van der Waals surface area contributed by atoms with Crippen LogP contribution in [-0.4, -0.2) is 55.0 Å². The van der Waals surface area contributed by atoms with Gasteiger partial charge in [-0.2, -0.15) is 0 Å². The topological polar surface area (TPSA) is 42.0 Å². The van der Waals surface area contributed by atoms with Crippen LogP contribution >= 0.6 is 0 Å². The highest BCUT2D eigenvalue weighted by atomic mass is 28.4. The van der Waals surface area contributed by atoms with Crippen LogP contribution in [0.25, 0.3) is 0 Å². The molecular formula is C40H46N2O3Si. The van der Waals surface area contributed by atoms with Gasteiger partial charge in [0.1, 0.15) is 0 Å². The van der Waals surface area contributed by atoms with Gasteiger partial charge < -0.3 is 9.16 Å². The van der Waals surface area contributed by atoms with E-state index in [0.29, 0.717) is 12.5 Å². The number of benzene rings is 4. The number of ether oxygens (including phenoxy) is 1. The first-order chi connectivity index (χ1) is 22.3. The van der Waals surface area contributed by atoms with Crippen molar-refractivity contribution in [3.05, 3.63) is 132 Å². The SMILES string of the molecule is CCOC(=O)N1C2CC3CC1[C@H](O[Si](c1ccccc1)(c1ccccc1)C(C)(C)C)C2N(Cc1ccccc1)C3c1ccccc1. The van der Waals surface area contributed by atoms with Crippen LogP contribution in [0.2, 0.25) is 5.04 Å². The highest BCUT2D eigenvalue weighted by molar-refractivity contribution is 6.99. The van der Waals surface area contributed by atoms with Crippen LogP contribution in [0.1, 0.15) is 57.7 Å². The van der Waals surface area contributed by atoms with Crippen LogP contribution in [0.3, 0.4) is 0 Å². The smallest absolute Gasteiger partial charge is 0.410 e. The molecule has 3 aliphatic rings. The molecule has 6 atom stereocenters. The molecule has 0 radical (unpaired) electrons. The van der Waals surface area contributed by atoms with Gasteiger partial charge in [-0.1, -0.05) is 142 Å². The molecule has 7 rings (SSSR count). The maximum Gasteiger partial charge on any atom is 0.410 e. The Labute approximate surface area is 275 Å². The molecule has 3 heterocycles. The van der Waals surface area contributed by atoms with Gasteiger partial charge in [-0.3, -0.25) is 9.80 Å². The number of hydrogen-bond donors (Lipinski definition) is 0. The van der Waals surface area contributed by atoms with Gasteiger partial charge in [0, 0.05) is 12.6 Å². The van der Waals surface area contributed by atoms with Crippen molar-refractivity contribution in [1.29, 1.82) is 0 Å². The second-order valence-corrected chi connectivity index (χ2v) is 18.5. The van der Waals surface area contributed by atoms with Crippen molar-refractivity contribution in [2.24, 2.45) is 5.92 Å². The molecule has 3 saturated heterocycles. The van der Waals surface area contributed by atoms with Crippen molar-refractivity contribution < 1.29 is 14.0 Å². The Hall–Kier alpha value is -3.71. The summed E-state index contributed by atoms with van der Waals surface area (Å²) in [6.07, 6.45) is 1.46. The Morgan fingerprint density at radius 2 is 1.28 bits per heavy atom. The van der Waals surface area contributed by atoms with Crippen molar-refractivity contribution in [3.8, 4) is 0 Å². The maximum absolute atomic E-state index is 13.8. The summed E-state index contributed by atoms with van der Waals surface area (Å²) in [6, 6.07) is 43.8. The fourth-order valence-electron chi connectivity index (χ4n) is 8.98. The summed E-state index contributed by atoms with van der Waals surface area (Å²) in [7, 11) is -2.93. The van der Waals surface area contributed by atoms with Crippen LogP contribution in [0.15, 0.2) is 121 Å². The Balaban J connectivity index is 1.42. The fourth-order valence-corrected chi connectivity index (χ4v) is 13.7. The van der Waals surface area contributed by atoms with Gasteiger partial charge in [0.25, 0.3) is 8.32 Å². The molecule has 1 amide bonds. The number of amides is 1. The molecule has 46 heavy (non-hydrogen) atoms. The van der Waals surface area contributed by atoms with Gasteiger partial charge in [-0.25, -0.2) is 4.79 Å². The minimum atomic E-state index is -2.93. The quantitative estimate of drug-likeness (QED) is 0.194. The minimum absolute atomic E-state index is 0.0141. The van der Waals surface area contributed by atoms with Crippen LogP contribution in [0.4, 0.5) is 4.79 Å². The number of fused-ring (bicyclic) bond motifs is 2. The lowest BCUT2D eigenvalue weighted by Crippen LogP contribution is -2.69. The molecule has 3 fully saturated rings. The lowest BCUT2D eigenvalue weighted by Gasteiger charge is -2.51. The number of rotatable bonds is 8. The molecule has 6 heteroatoms. The third kappa shape index (κ3) is 5.21. The number of piperidine rings is 2. The molecule has 0 aliphatic carbocycles. The summed E-state index contributed by atoms with van der Waals surface area (Å²) < 4.78 is 13.8. The van der Waals surface area contributed by atoms with Crippen LogP contribution in [0.5, 0.6) is 0 Å². The predicted molar refractivity (Wildman–Crippen MR) is 187 cm³/mol. The third-order valence-electron chi connectivity index (χ3n) is 10.7. The molecule has 5 unspecified atom stereocenters. The van der Waals surface area contributed by atoms with Crippen molar-refractivity contribution in [3.63, 3.8) is 0 Å². The molecule has 5 nitrogen and oxygen atoms in total. The number of nitrogens with zero attached hydrogens (tertiary/aromatic N) is 2.